The standard InChI is InChI=1S/C19H18N2O/c22-16-7-5-13(6-8-16)19-10-14(9-15-11-20-12-21-15)17-3-1-2-4-18(17)19/h1-8,11-12,14,19,22H,9-10H2,(H,20,21). The van der Waals surface area contributed by atoms with Crippen molar-refractivity contribution in [1.82, 2.24) is 9.97 Å². The molecule has 0 saturated carbocycles. The number of fused-ring (bicyclic) bond motifs is 1. The second kappa shape index (κ2) is 5.34. The Morgan fingerprint density at radius 3 is 2.55 bits per heavy atom. The molecule has 2 N–H and O–H groups in total. The molecule has 1 aliphatic carbocycles. The fourth-order valence-corrected chi connectivity index (χ4v) is 3.61. The van der Waals surface area contributed by atoms with Gasteiger partial charge in [0, 0.05) is 12.1 Å². The molecule has 1 heterocycles. The average Bonchev–Trinajstić information content (AvgIpc) is 3.17. The summed E-state index contributed by atoms with van der Waals surface area (Å²) in [5.41, 5.74) is 5.23. The molecule has 0 amide bonds. The lowest BCUT2D eigenvalue weighted by Crippen LogP contribution is -2.00. The zero-order valence-electron chi connectivity index (χ0n) is 12.2. The minimum Gasteiger partial charge on any atom is -0.508 e. The minimum atomic E-state index is 0.322. The predicted molar refractivity (Wildman–Crippen MR) is 86.0 cm³/mol. The van der Waals surface area contributed by atoms with Crippen molar-refractivity contribution >= 4 is 0 Å². The number of phenols is 1. The molecule has 110 valence electrons. The second-order valence-electron chi connectivity index (χ2n) is 5.97. The van der Waals surface area contributed by atoms with Crippen molar-refractivity contribution in [2.45, 2.75) is 24.7 Å². The maximum absolute atomic E-state index is 9.51. The summed E-state index contributed by atoms with van der Waals surface area (Å²) in [7, 11) is 0. The van der Waals surface area contributed by atoms with E-state index in [9.17, 15) is 5.11 Å². The van der Waals surface area contributed by atoms with E-state index in [0.29, 0.717) is 17.6 Å². The van der Waals surface area contributed by atoms with Gasteiger partial charge in [-0.3, -0.25) is 0 Å². The van der Waals surface area contributed by atoms with Crippen LogP contribution >= 0.6 is 0 Å². The molecule has 2 aromatic carbocycles. The van der Waals surface area contributed by atoms with Crippen LogP contribution in [0.1, 0.15) is 40.6 Å². The number of benzene rings is 2. The van der Waals surface area contributed by atoms with E-state index in [1.807, 2.05) is 18.3 Å². The highest BCUT2D eigenvalue weighted by molar-refractivity contribution is 5.46. The molecule has 3 heteroatoms. The molecule has 3 nitrogen and oxygen atoms in total. The molecular formula is C19H18N2O. The van der Waals surface area contributed by atoms with Gasteiger partial charge in [-0.25, -0.2) is 4.98 Å². The normalized spacial score (nSPS) is 20.0. The number of aromatic hydroxyl groups is 1. The fourth-order valence-electron chi connectivity index (χ4n) is 3.61. The van der Waals surface area contributed by atoms with Gasteiger partial charge in [0.1, 0.15) is 5.75 Å². The van der Waals surface area contributed by atoms with Gasteiger partial charge in [0.25, 0.3) is 0 Å². The summed E-state index contributed by atoms with van der Waals surface area (Å²) in [5, 5.41) is 9.51. The van der Waals surface area contributed by atoms with Crippen LogP contribution in [0.2, 0.25) is 0 Å². The fraction of sp³-hybridized carbons (Fsp3) is 0.211. The monoisotopic (exact) mass is 290 g/mol. The van der Waals surface area contributed by atoms with Crippen LogP contribution in [-0.4, -0.2) is 15.1 Å². The molecule has 0 bridgehead atoms. The van der Waals surface area contributed by atoms with Gasteiger partial charge in [-0.05, 0) is 47.6 Å². The van der Waals surface area contributed by atoms with Crippen LogP contribution in [0.4, 0.5) is 0 Å². The lowest BCUT2D eigenvalue weighted by atomic mass is 9.92. The number of H-pyrrole nitrogens is 1. The lowest BCUT2D eigenvalue weighted by molar-refractivity contribution is 0.475. The molecule has 4 rings (SSSR count). The zero-order valence-corrected chi connectivity index (χ0v) is 12.2. The van der Waals surface area contributed by atoms with E-state index in [1.54, 1.807) is 18.5 Å². The molecule has 2 atom stereocenters. The van der Waals surface area contributed by atoms with E-state index in [-0.39, 0.29) is 0 Å². The third kappa shape index (κ3) is 2.29. The first-order chi connectivity index (χ1) is 10.8. The van der Waals surface area contributed by atoms with Gasteiger partial charge in [-0.2, -0.15) is 0 Å². The molecule has 0 aliphatic heterocycles. The summed E-state index contributed by atoms with van der Waals surface area (Å²) in [6, 6.07) is 16.3. The van der Waals surface area contributed by atoms with E-state index in [1.165, 1.54) is 16.7 Å². The summed E-state index contributed by atoms with van der Waals surface area (Å²) in [4.78, 5) is 7.41. The van der Waals surface area contributed by atoms with Crippen molar-refractivity contribution < 1.29 is 5.11 Å². The molecule has 1 aliphatic rings. The largest absolute Gasteiger partial charge is 0.508 e. The van der Waals surface area contributed by atoms with Crippen molar-refractivity contribution in [1.29, 1.82) is 0 Å². The highest BCUT2D eigenvalue weighted by Crippen LogP contribution is 2.46. The Labute approximate surface area is 129 Å². The SMILES string of the molecule is Oc1ccc(C2CC(Cc3c[nH]cn3)c3ccccc32)cc1. The number of aromatic amines is 1. The van der Waals surface area contributed by atoms with E-state index < -0.39 is 0 Å². The van der Waals surface area contributed by atoms with E-state index in [4.69, 9.17) is 0 Å². The number of nitrogens with one attached hydrogen (secondary N) is 1. The molecule has 2 unspecified atom stereocenters. The highest BCUT2D eigenvalue weighted by Gasteiger charge is 2.31. The van der Waals surface area contributed by atoms with Crippen LogP contribution in [0.5, 0.6) is 5.75 Å². The van der Waals surface area contributed by atoms with Crippen LogP contribution in [-0.2, 0) is 6.42 Å². The molecule has 0 saturated heterocycles. The molecular weight excluding hydrogens is 272 g/mol. The topological polar surface area (TPSA) is 48.9 Å². The maximum atomic E-state index is 9.51. The first-order valence-electron chi connectivity index (χ1n) is 7.66. The number of phenolic OH excluding ortho intramolecular Hbond substituents is 1. The van der Waals surface area contributed by atoms with Crippen LogP contribution in [0.15, 0.2) is 61.1 Å². The number of imidazole rings is 1. The Hall–Kier alpha value is -2.55. The number of rotatable bonds is 3. The maximum Gasteiger partial charge on any atom is 0.115 e. The first kappa shape index (κ1) is 13.1. The molecule has 3 aromatic rings. The van der Waals surface area contributed by atoms with Crippen LogP contribution < -0.4 is 0 Å². The second-order valence-corrected chi connectivity index (χ2v) is 5.97. The Morgan fingerprint density at radius 2 is 1.82 bits per heavy atom. The van der Waals surface area contributed by atoms with Gasteiger partial charge in [0.2, 0.25) is 0 Å². The van der Waals surface area contributed by atoms with Gasteiger partial charge < -0.3 is 10.1 Å². The number of nitrogens with zero attached hydrogens (tertiary/aromatic N) is 1. The molecule has 0 spiro atoms. The Kier molecular flexibility index (Phi) is 3.19. The van der Waals surface area contributed by atoms with Gasteiger partial charge in [0.15, 0.2) is 0 Å². The van der Waals surface area contributed by atoms with Gasteiger partial charge >= 0.3 is 0 Å². The summed E-state index contributed by atoms with van der Waals surface area (Å²) in [6.45, 7) is 0. The van der Waals surface area contributed by atoms with Crippen LogP contribution in [0.25, 0.3) is 0 Å². The number of aromatic nitrogens is 2. The minimum absolute atomic E-state index is 0.322. The molecule has 0 fully saturated rings. The third-order valence-electron chi connectivity index (χ3n) is 4.64. The van der Waals surface area contributed by atoms with Gasteiger partial charge in [-0.15, -0.1) is 0 Å². The molecule has 1 aromatic heterocycles. The highest BCUT2D eigenvalue weighted by atomic mass is 16.3. The summed E-state index contributed by atoms with van der Waals surface area (Å²) >= 11 is 0. The van der Waals surface area contributed by atoms with Crippen LogP contribution in [0, 0.1) is 0 Å². The van der Waals surface area contributed by atoms with Gasteiger partial charge in [-0.1, -0.05) is 36.4 Å². The summed E-state index contributed by atoms with van der Waals surface area (Å²) in [5.74, 6) is 1.22. The van der Waals surface area contributed by atoms with E-state index in [2.05, 4.69) is 34.2 Å². The molecule has 0 radical (unpaired) electrons. The zero-order chi connectivity index (χ0) is 14.9. The Morgan fingerprint density at radius 1 is 1.05 bits per heavy atom. The number of hydrogen-bond acceptors (Lipinski definition) is 2. The van der Waals surface area contributed by atoms with E-state index in [0.717, 1.165) is 18.5 Å². The van der Waals surface area contributed by atoms with Crippen molar-refractivity contribution in [2.24, 2.45) is 0 Å². The average molecular weight is 290 g/mol. The van der Waals surface area contributed by atoms with Crippen molar-refractivity contribution in [3.8, 4) is 5.75 Å². The van der Waals surface area contributed by atoms with Crippen molar-refractivity contribution in [2.75, 3.05) is 0 Å². The number of hydrogen-bond donors (Lipinski definition) is 2. The predicted octanol–water partition coefficient (Wildman–Crippen LogP) is 3.98. The van der Waals surface area contributed by atoms with Crippen molar-refractivity contribution in [3.05, 3.63) is 83.4 Å². The smallest absolute Gasteiger partial charge is 0.115 e. The van der Waals surface area contributed by atoms with Gasteiger partial charge in [0.05, 0.1) is 12.0 Å². The quantitative estimate of drug-likeness (QED) is 0.766. The third-order valence-corrected chi connectivity index (χ3v) is 4.64. The van der Waals surface area contributed by atoms with Crippen molar-refractivity contribution in [3.63, 3.8) is 0 Å². The van der Waals surface area contributed by atoms with Crippen LogP contribution in [0.3, 0.4) is 0 Å². The summed E-state index contributed by atoms with van der Waals surface area (Å²) < 4.78 is 0. The summed E-state index contributed by atoms with van der Waals surface area (Å²) in [6.07, 6.45) is 5.79. The Balaban J connectivity index is 1.69. The molecule has 22 heavy (non-hydrogen) atoms. The first-order valence-corrected chi connectivity index (χ1v) is 7.66. The Bertz CT molecular complexity index is 762. The lowest BCUT2D eigenvalue weighted by Gasteiger charge is -2.12. The van der Waals surface area contributed by atoms with E-state index >= 15 is 0 Å².